The van der Waals surface area contributed by atoms with Crippen molar-refractivity contribution in [3.63, 3.8) is 0 Å². The maximum Gasteiger partial charge on any atom is 0.201 e. The van der Waals surface area contributed by atoms with E-state index in [1.807, 2.05) is 13.8 Å². The van der Waals surface area contributed by atoms with Crippen molar-refractivity contribution in [3.05, 3.63) is 0 Å². The van der Waals surface area contributed by atoms with E-state index in [9.17, 15) is 5.11 Å². The van der Waals surface area contributed by atoms with Crippen LogP contribution in [0.5, 0.6) is 0 Å². The molecule has 1 spiro atoms. The van der Waals surface area contributed by atoms with Crippen molar-refractivity contribution in [1.29, 1.82) is 0 Å². The van der Waals surface area contributed by atoms with Crippen molar-refractivity contribution < 1.29 is 24.4 Å². The van der Waals surface area contributed by atoms with Gasteiger partial charge in [-0.1, -0.05) is 20.8 Å². The molecule has 0 aromatic carbocycles. The van der Waals surface area contributed by atoms with Gasteiger partial charge >= 0.3 is 0 Å². The normalized spacial score (nSPS) is 63.0. The number of aliphatic hydroxyl groups excluding tert-OH is 1. The molecule has 5 fully saturated rings. The fraction of sp³-hybridized carbons (Fsp3) is 1.00. The molecule has 8 atom stereocenters. The van der Waals surface area contributed by atoms with Crippen molar-refractivity contribution in [1.82, 2.24) is 0 Å². The Kier molecular flexibility index (Phi) is 2.88. The molecule has 2 bridgehead atoms. The maximum absolute atomic E-state index is 10.4. The molecule has 1 aliphatic carbocycles. The van der Waals surface area contributed by atoms with Gasteiger partial charge in [0.05, 0.1) is 0 Å². The first-order chi connectivity index (χ1) is 9.82. The molecule has 0 radical (unpaired) electrons. The molecule has 8 unspecified atom stereocenters. The van der Waals surface area contributed by atoms with Crippen molar-refractivity contribution in [2.45, 2.75) is 77.3 Å². The number of fused-ring (bicyclic) bond motifs is 2. The van der Waals surface area contributed by atoms with Crippen molar-refractivity contribution in [3.8, 4) is 0 Å². The van der Waals surface area contributed by atoms with Gasteiger partial charge in [0, 0.05) is 17.8 Å². The summed E-state index contributed by atoms with van der Waals surface area (Å²) in [5, 5.41) is 10.4. The van der Waals surface area contributed by atoms with Gasteiger partial charge in [0.25, 0.3) is 0 Å². The van der Waals surface area contributed by atoms with Gasteiger partial charge in [-0.25, -0.2) is 9.78 Å². The van der Waals surface area contributed by atoms with Gasteiger partial charge in [0.2, 0.25) is 5.79 Å². The Morgan fingerprint density at radius 3 is 2.57 bits per heavy atom. The number of aliphatic hydroxyl groups is 1. The zero-order valence-electron chi connectivity index (χ0n) is 13.3. The lowest BCUT2D eigenvalue weighted by Crippen LogP contribution is -2.74. The molecule has 5 heteroatoms. The lowest BCUT2D eigenvalue weighted by atomic mass is 9.50. The molecule has 1 saturated carbocycles. The second kappa shape index (κ2) is 4.20. The monoisotopic (exact) mass is 298 g/mol. The highest BCUT2D eigenvalue weighted by molar-refractivity contribution is 5.14. The van der Waals surface area contributed by atoms with Crippen LogP contribution in [0.2, 0.25) is 0 Å². The molecule has 0 aromatic rings. The van der Waals surface area contributed by atoms with Crippen LogP contribution in [0.15, 0.2) is 0 Å². The smallest absolute Gasteiger partial charge is 0.201 e. The third-order valence-corrected chi connectivity index (χ3v) is 6.92. The van der Waals surface area contributed by atoms with E-state index >= 15 is 0 Å². The molecule has 4 aliphatic heterocycles. The summed E-state index contributed by atoms with van der Waals surface area (Å²) in [5.74, 6) is 0.0898. The van der Waals surface area contributed by atoms with Gasteiger partial charge in [0.15, 0.2) is 18.2 Å². The maximum atomic E-state index is 10.4. The van der Waals surface area contributed by atoms with Gasteiger partial charge < -0.3 is 14.6 Å². The molecule has 0 aromatic heterocycles. The van der Waals surface area contributed by atoms with E-state index in [2.05, 4.69) is 13.8 Å². The van der Waals surface area contributed by atoms with Crippen LogP contribution in [0.25, 0.3) is 0 Å². The van der Waals surface area contributed by atoms with Crippen LogP contribution < -0.4 is 0 Å². The van der Waals surface area contributed by atoms with Gasteiger partial charge in [-0.2, -0.15) is 0 Å². The minimum absolute atomic E-state index is 0.0154. The van der Waals surface area contributed by atoms with E-state index in [-0.39, 0.29) is 11.3 Å². The summed E-state index contributed by atoms with van der Waals surface area (Å²) >= 11 is 0. The SMILES string of the molecule is CC1CCC2(C)C(C)C(O)OC3OC4(C)CCC1C32OO4. The molecule has 5 rings (SSSR count). The zero-order valence-corrected chi connectivity index (χ0v) is 13.3. The summed E-state index contributed by atoms with van der Waals surface area (Å²) in [5.41, 5.74) is -0.822. The Labute approximate surface area is 125 Å². The average molecular weight is 298 g/mol. The third kappa shape index (κ3) is 1.59. The summed E-state index contributed by atoms with van der Waals surface area (Å²) in [6.45, 7) is 8.43. The van der Waals surface area contributed by atoms with E-state index in [1.54, 1.807) is 0 Å². The third-order valence-electron chi connectivity index (χ3n) is 6.92. The van der Waals surface area contributed by atoms with Crippen LogP contribution in [0.1, 0.15) is 53.4 Å². The van der Waals surface area contributed by atoms with Crippen LogP contribution >= 0.6 is 0 Å². The Hall–Kier alpha value is -0.200. The molecule has 0 amide bonds. The van der Waals surface area contributed by atoms with Crippen LogP contribution in [-0.4, -0.2) is 29.1 Å². The van der Waals surface area contributed by atoms with Gasteiger partial charge in [-0.15, -0.1) is 0 Å². The summed E-state index contributed by atoms with van der Waals surface area (Å²) in [7, 11) is 0. The highest BCUT2D eigenvalue weighted by Gasteiger charge is 2.74. The second-order valence-corrected chi connectivity index (χ2v) is 7.94. The lowest BCUT2D eigenvalue weighted by molar-refractivity contribution is -0.586. The Morgan fingerprint density at radius 2 is 1.81 bits per heavy atom. The fourth-order valence-electron chi connectivity index (χ4n) is 5.19. The Morgan fingerprint density at radius 1 is 1.05 bits per heavy atom. The summed E-state index contributed by atoms with van der Waals surface area (Å²) in [4.78, 5) is 11.8. The molecule has 1 N–H and O–H groups in total. The number of rotatable bonds is 0. The largest absolute Gasteiger partial charge is 0.368 e. The molecule has 4 heterocycles. The predicted octanol–water partition coefficient (Wildman–Crippen LogP) is 2.58. The molecule has 21 heavy (non-hydrogen) atoms. The standard InChI is InChI=1S/C16H26O5/c1-9-5-7-14(3)10(2)12(17)18-13-16(14)11(9)6-8-15(4,19-13)20-21-16/h9-13,17H,5-8H2,1-4H3. The van der Waals surface area contributed by atoms with E-state index < -0.39 is 24.0 Å². The van der Waals surface area contributed by atoms with Crippen LogP contribution in [0, 0.1) is 23.2 Å². The summed E-state index contributed by atoms with van der Waals surface area (Å²) in [6, 6.07) is 0. The van der Waals surface area contributed by atoms with Gasteiger partial charge in [-0.05, 0) is 38.0 Å². The molecule has 5 nitrogen and oxygen atoms in total. The van der Waals surface area contributed by atoms with E-state index in [0.717, 1.165) is 25.7 Å². The number of hydrogen-bond donors (Lipinski definition) is 1. The molecular weight excluding hydrogens is 272 g/mol. The molecular formula is C16H26O5. The van der Waals surface area contributed by atoms with Crippen molar-refractivity contribution in [2.75, 3.05) is 0 Å². The topological polar surface area (TPSA) is 57.2 Å². The zero-order chi connectivity index (χ0) is 15.0. The second-order valence-electron chi connectivity index (χ2n) is 7.94. The summed E-state index contributed by atoms with van der Waals surface area (Å²) in [6.07, 6.45) is 2.58. The minimum Gasteiger partial charge on any atom is -0.368 e. The Bertz CT molecular complexity index is 456. The number of ether oxygens (including phenoxy) is 2. The van der Waals surface area contributed by atoms with E-state index in [1.165, 1.54) is 0 Å². The first-order valence-electron chi connectivity index (χ1n) is 8.21. The van der Waals surface area contributed by atoms with Gasteiger partial charge in [-0.3, -0.25) is 0 Å². The number of hydrogen-bond acceptors (Lipinski definition) is 5. The van der Waals surface area contributed by atoms with Crippen LogP contribution in [0.3, 0.4) is 0 Å². The van der Waals surface area contributed by atoms with Crippen molar-refractivity contribution in [2.24, 2.45) is 23.2 Å². The fourth-order valence-corrected chi connectivity index (χ4v) is 5.19. The lowest BCUT2D eigenvalue weighted by Gasteiger charge is -2.64. The van der Waals surface area contributed by atoms with E-state index in [4.69, 9.17) is 19.2 Å². The first-order valence-corrected chi connectivity index (χ1v) is 8.21. The predicted molar refractivity (Wildman–Crippen MR) is 73.7 cm³/mol. The molecule has 4 saturated heterocycles. The van der Waals surface area contributed by atoms with Crippen LogP contribution in [-0.2, 0) is 19.2 Å². The highest BCUT2D eigenvalue weighted by atomic mass is 17.3. The van der Waals surface area contributed by atoms with Gasteiger partial charge in [0.1, 0.15) is 0 Å². The highest BCUT2D eigenvalue weighted by Crippen LogP contribution is 2.65. The Balaban J connectivity index is 1.88. The molecule has 5 aliphatic rings. The first kappa shape index (κ1) is 14.4. The van der Waals surface area contributed by atoms with E-state index in [0.29, 0.717) is 11.8 Å². The minimum atomic E-state index is -0.814. The molecule has 120 valence electrons. The summed E-state index contributed by atoms with van der Waals surface area (Å²) < 4.78 is 12.0. The average Bonchev–Trinajstić information content (AvgIpc) is 2.67. The van der Waals surface area contributed by atoms with Crippen molar-refractivity contribution >= 4 is 0 Å². The van der Waals surface area contributed by atoms with Crippen LogP contribution in [0.4, 0.5) is 0 Å². The quantitative estimate of drug-likeness (QED) is 0.697.